The highest BCUT2D eigenvalue weighted by Crippen LogP contribution is 2.23. The molecule has 0 spiro atoms. The number of hydrogen-bond acceptors (Lipinski definition) is 9. The van der Waals surface area contributed by atoms with Gasteiger partial charge in [-0.3, -0.25) is 14.4 Å². The van der Waals surface area contributed by atoms with Gasteiger partial charge in [0.25, 0.3) is 0 Å². The largest absolute Gasteiger partial charge is 0.493 e. The minimum absolute atomic E-state index is 0.0197. The molecule has 3 aromatic rings. The maximum atomic E-state index is 13.9. The molecule has 0 radical (unpaired) electrons. The predicted molar refractivity (Wildman–Crippen MR) is 220 cm³/mol. The molecule has 0 aromatic heterocycles. The number of carbonyl (C=O) groups excluding carboxylic acids is 5. The number of esters is 1. The van der Waals surface area contributed by atoms with Gasteiger partial charge in [-0.1, -0.05) is 66.7 Å². The van der Waals surface area contributed by atoms with Gasteiger partial charge in [0.15, 0.2) is 0 Å². The lowest BCUT2D eigenvalue weighted by Crippen LogP contribution is -2.54. The molecule has 0 aliphatic carbocycles. The second-order valence-electron chi connectivity index (χ2n) is 16.7. The number of carbonyl (C=O) groups is 5. The molecule has 314 valence electrons. The highest BCUT2D eigenvalue weighted by molar-refractivity contribution is 5.91. The minimum atomic E-state index is -1.20. The fraction of sp³-hybridized carbons (Fsp3) is 0.489. The van der Waals surface area contributed by atoms with Gasteiger partial charge >= 0.3 is 18.2 Å². The smallest absolute Gasteiger partial charge is 0.410 e. The number of nitrogens with one attached hydrogen (secondary N) is 3. The molecule has 4 rings (SSSR count). The number of likely N-dealkylation sites (tertiary alicyclic amines) is 1. The molecule has 1 fully saturated rings. The zero-order chi connectivity index (χ0) is 42.3. The van der Waals surface area contributed by atoms with E-state index in [-0.39, 0.29) is 44.4 Å². The number of aryl methyl sites for hydroxylation is 2. The molecule has 1 aliphatic rings. The summed E-state index contributed by atoms with van der Waals surface area (Å²) in [5.74, 6) is -0.801. The Morgan fingerprint density at radius 2 is 1.41 bits per heavy atom. The van der Waals surface area contributed by atoms with Crippen molar-refractivity contribution in [2.75, 3.05) is 19.7 Å². The first-order chi connectivity index (χ1) is 27.4. The van der Waals surface area contributed by atoms with Gasteiger partial charge in [-0.2, -0.15) is 0 Å². The lowest BCUT2D eigenvalue weighted by atomic mass is 10.0. The zero-order valence-electron chi connectivity index (χ0n) is 34.9. The maximum Gasteiger partial charge on any atom is 0.410 e. The van der Waals surface area contributed by atoms with Crippen LogP contribution in [0.3, 0.4) is 0 Å². The molecule has 4 amide bonds. The summed E-state index contributed by atoms with van der Waals surface area (Å²) in [6, 6.07) is 22.2. The van der Waals surface area contributed by atoms with E-state index in [2.05, 4.69) is 16.0 Å². The summed E-state index contributed by atoms with van der Waals surface area (Å²) in [6.45, 7) is 14.4. The van der Waals surface area contributed by atoms with Crippen LogP contribution in [0.4, 0.5) is 9.59 Å². The molecule has 13 heteroatoms. The third kappa shape index (κ3) is 16.1. The Morgan fingerprint density at radius 1 is 0.776 bits per heavy atom. The number of nitrogens with zero attached hydrogens (tertiary/aromatic N) is 1. The van der Waals surface area contributed by atoms with Crippen molar-refractivity contribution < 1.29 is 42.9 Å². The summed E-state index contributed by atoms with van der Waals surface area (Å²) in [7, 11) is 0. The summed E-state index contributed by atoms with van der Waals surface area (Å²) < 4.78 is 22.5. The van der Waals surface area contributed by atoms with Gasteiger partial charge in [-0.05, 0) is 109 Å². The molecular formula is C45H60N4O9. The van der Waals surface area contributed by atoms with Crippen LogP contribution in [-0.2, 0) is 48.2 Å². The molecule has 1 unspecified atom stereocenters. The van der Waals surface area contributed by atoms with Crippen molar-refractivity contribution in [3.8, 4) is 5.75 Å². The van der Waals surface area contributed by atoms with Gasteiger partial charge in [0.2, 0.25) is 11.8 Å². The average molecular weight is 801 g/mol. The topological polar surface area (TPSA) is 162 Å². The van der Waals surface area contributed by atoms with E-state index in [1.807, 2.05) is 94.4 Å². The lowest BCUT2D eigenvalue weighted by Gasteiger charge is -2.24. The molecular weight excluding hydrogens is 741 g/mol. The molecule has 1 saturated heterocycles. The summed E-state index contributed by atoms with van der Waals surface area (Å²) >= 11 is 0. The standard InChI is InChI=1S/C45H60N4O9/c1-31-18-20-36(55-30-34-24-25-49(28-34)43(54)58-45(5,6)7)26-35(31)27-46-40(51)37(21-19-32-14-10-8-11-15-32)47-41(52)38(22-23-39(50)57-44(2,3)4)48-42(53)56-29-33-16-12-9-13-17-33/h8-18,20,26,34,37-38H,19,21-25,27-30H2,1-7H3,(H,46,51)(H,47,52)(H,48,53)/t34?,37-,38-/m0/s1. The zero-order valence-corrected chi connectivity index (χ0v) is 34.9. The molecule has 13 nitrogen and oxygen atoms in total. The highest BCUT2D eigenvalue weighted by Gasteiger charge is 2.31. The SMILES string of the molecule is Cc1ccc(OCC2CCN(C(=O)OC(C)(C)C)C2)cc1CNC(=O)[C@H](CCc1ccccc1)NC(=O)[C@H](CCC(=O)OC(C)(C)C)NC(=O)OCc1ccccc1. The number of alkyl carbamates (subject to hydrolysis) is 1. The molecule has 58 heavy (non-hydrogen) atoms. The number of ether oxygens (including phenoxy) is 4. The number of amides is 4. The molecule has 0 saturated carbocycles. The first kappa shape index (κ1) is 45.1. The molecule has 0 bridgehead atoms. The van der Waals surface area contributed by atoms with Crippen molar-refractivity contribution >= 4 is 30.0 Å². The fourth-order valence-electron chi connectivity index (χ4n) is 6.24. The van der Waals surface area contributed by atoms with Crippen LogP contribution in [0, 0.1) is 12.8 Å². The van der Waals surface area contributed by atoms with E-state index in [9.17, 15) is 24.0 Å². The number of benzene rings is 3. The van der Waals surface area contributed by atoms with Crippen LogP contribution in [0.25, 0.3) is 0 Å². The normalized spacial score (nSPS) is 15.1. The van der Waals surface area contributed by atoms with Gasteiger partial charge in [0.05, 0.1) is 6.61 Å². The van der Waals surface area contributed by atoms with Crippen molar-refractivity contribution in [2.45, 2.75) is 117 Å². The Labute approximate surface area is 342 Å². The Bertz CT molecular complexity index is 1820. The van der Waals surface area contributed by atoms with E-state index < -0.39 is 47.2 Å². The van der Waals surface area contributed by atoms with Gasteiger partial charge in [-0.25, -0.2) is 9.59 Å². The van der Waals surface area contributed by atoms with Crippen molar-refractivity contribution in [1.29, 1.82) is 0 Å². The van der Waals surface area contributed by atoms with Crippen LogP contribution < -0.4 is 20.7 Å². The summed E-state index contributed by atoms with van der Waals surface area (Å²) in [4.78, 5) is 67.6. The third-order valence-corrected chi connectivity index (χ3v) is 9.27. The van der Waals surface area contributed by atoms with Crippen LogP contribution in [-0.4, -0.2) is 77.9 Å². The third-order valence-electron chi connectivity index (χ3n) is 9.27. The second kappa shape index (κ2) is 21.2. The van der Waals surface area contributed by atoms with Gasteiger partial charge in [-0.15, -0.1) is 0 Å². The van der Waals surface area contributed by atoms with Gasteiger partial charge in [0.1, 0.15) is 35.6 Å². The van der Waals surface area contributed by atoms with E-state index in [1.54, 1.807) is 37.8 Å². The lowest BCUT2D eigenvalue weighted by molar-refractivity contribution is -0.155. The van der Waals surface area contributed by atoms with E-state index in [0.29, 0.717) is 31.9 Å². The van der Waals surface area contributed by atoms with Crippen molar-refractivity contribution in [1.82, 2.24) is 20.9 Å². The monoisotopic (exact) mass is 800 g/mol. The van der Waals surface area contributed by atoms with E-state index in [0.717, 1.165) is 28.7 Å². The van der Waals surface area contributed by atoms with Crippen molar-refractivity contribution in [3.05, 3.63) is 101 Å². The van der Waals surface area contributed by atoms with E-state index in [4.69, 9.17) is 18.9 Å². The van der Waals surface area contributed by atoms with Crippen molar-refractivity contribution in [2.24, 2.45) is 5.92 Å². The summed E-state index contributed by atoms with van der Waals surface area (Å²) in [6.07, 6.45) is 0.151. The predicted octanol–water partition coefficient (Wildman–Crippen LogP) is 6.78. The quantitative estimate of drug-likeness (QED) is 0.0988. The van der Waals surface area contributed by atoms with Crippen LogP contribution in [0.15, 0.2) is 78.9 Å². The maximum absolute atomic E-state index is 13.9. The van der Waals surface area contributed by atoms with E-state index in [1.165, 1.54) is 0 Å². The highest BCUT2D eigenvalue weighted by atomic mass is 16.6. The first-order valence-corrected chi connectivity index (χ1v) is 20.0. The van der Waals surface area contributed by atoms with Crippen LogP contribution in [0.2, 0.25) is 0 Å². The molecule has 3 atom stereocenters. The van der Waals surface area contributed by atoms with Gasteiger partial charge < -0.3 is 39.8 Å². The van der Waals surface area contributed by atoms with E-state index >= 15 is 0 Å². The molecule has 1 aliphatic heterocycles. The summed E-state index contributed by atoms with van der Waals surface area (Å²) in [5.41, 5.74) is 2.22. The van der Waals surface area contributed by atoms with Crippen LogP contribution >= 0.6 is 0 Å². The number of hydrogen-bond donors (Lipinski definition) is 3. The van der Waals surface area contributed by atoms with Crippen LogP contribution in [0.1, 0.15) is 89.5 Å². The summed E-state index contributed by atoms with van der Waals surface area (Å²) in [5, 5.41) is 8.42. The minimum Gasteiger partial charge on any atom is -0.493 e. The van der Waals surface area contributed by atoms with Crippen molar-refractivity contribution in [3.63, 3.8) is 0 Å². The van der Waals surface area contributed by atoms with Gasteiger partial charge in [0, 0.05) is 32.0 Å². The molecule has 3 N–H and O–H groups in total. The fourth-order valence-corrected chi connectivity index (χ4v) is 6.24. The Balaban J connectivity index is 1.41. The first-order valence-electron chi connectivity index (χ1n) is 20.0. The Kier molecular flexibility index (Phi) is 16.5. The van der Waals surface area contributed by atoms with Crippen LogP contribution in [0.5, 0.6) is 5.75 Å². The Morgan fingerprint density at radius 3 is 2.07 bits per heavy atom. The Hall–Kier alpha value is -5.59. The average Bonchev–Trinajstić information content (AvgIpc) is 3.65. The number of rotatable bonds is 17. The molecule has 3 aromatic carbocycles. The molecule has 1 heterocycles. The second-order valence-corrected chi connectivity index (χ2v) is 16.7.